The average molecular weight is 898 g/mol. The zero-order valence-corrected chi connectivity index (χ0v) is 41.0. The smallest absolute Gasteiger partial charge is 0.222 e. The Morgan fingerprint density at radius 2 is 1.09 bits per heavy atom. The Labute approximate surface area is 367 Å². The summed E-state index contributed by atoms with van der Waals surface area (Å²) in [4.78, 5) is 50.5. The zero-order chi connectivity index (χ0) is 41.2. The molecule has 3 aliphatic heterocycles. The lowest BCUT2D eigenvalue weighted by Crippen LogP contribution is -2.33. The van der Waals surface area contributed by atoms with Gasteiger partial charge in [-0.3, -0.25) is 19.2 Å². The number of Topliss-reactive ketones (excluding diaryl/α,β-unsaturated/α-hetero) is 1. The van der Waals surface area contributed by atoms with Crippen molar-refractivity contribution in [2.75, 3.05) is 58.0 Å². The lowest BCUT2D eigenvalue weighted by molar-refractivity contribution is -0.130. The van der Waals surface area contributed by atoms with Gasteiger partial charge in [-0.1, -0.05) is 111 Å². The van der Waals surface area contributed by atoms with Gasteiger partial charge in [-0.2, -0.15) is 0 Å². The number of ketones is 1. The van der Waals surface area contributed by atoms with Gasteiger partial charge in [-0.15, -0.1) is 0 Å². The Bertz CT molecular complexity index is 1010. The predicted molar refractivity (Wildman–Crippen MR) is 256 cm³/mol. The quantitative estimate of drug-likeness (QED) is 0.0580. The first-order chi connectivity index (χ1) is 27.1. The van der Waals surface area contributed by atoms with Crippen molar-refractivity contribution in [2.45, 2.75) is 184 Å². The van der Waals surface area contributed by atoms with E-state index < -0.39 is 0 Å². The van der Waals surface area contributed by atoms with Gasteiger partial charge in [0.2, 0.25) is 17.7 Å². The van der Waals surface area contributed by atoms with Crippen LogP contribution >= 0.6 is 64.8 Å². The average Bonchev–Trinajstić information content (AvgIpc) is 4.03. The highest BCUT2D eigenvalue weighted by atomic mass is 33.1. The summed E-state index contributed by atoms with van der Waals surface area (Å²) < 4.78 is 0. The molecule has 3 amide bonds. The highest BCUT2D eigenvalue weighted by Crippen LogP contribution is 2.41. The number of carbonyl (C=O) groups is 4. The maximum absolute atomic E-state index is 11.8. The first-order valence-corrected chi connectivity index (χ1v) is 29.1. The Hall–Kier alpha value is 0.140. The molecule has 3 heterocycles. The molecule has 0 aliphatic carbocycles. The van der Waals surface area contributed by atoms with E-state index in [1.54, 1.807) is 0 Å². The molecule has 3 fully saturated rings. The summed E-state index contributed by atoms with van der Waals surface area (Å²) >= 11 is 0. The molecule has 0 aromatic heterocycles. The van der Waals surface area contributed by atoms with Crippen molar-refractivity contribution >= 4 is 88.3 Å². The molecule has 2 N–H and O–H groups in total. The van der Waals surface area contributed by atoms with E-state index in [0.717, 1.165) is 112 Å². The van der Waals surface area contributed by atoms with Gasteiger partial charge < -0.3 is 20.4 Å². The molecule has 0 radical (unpaired) electrons. The van der Waals surface area contributed by atoms with Crippen LogP contribution in [0.5, 0.6) is 0 Å². The third-order valence-electron chi connectivity index (χ3n) is 10.3. The Morgan fingerprint density at radius 1 is 0.607 bits per heavy atom. The molecule has 56 heavy (non-hydrogen) atoms. The molecule has 0 spiro atoms. The standard InChI is InChI=1S/C17H32N2O2S2.C13H25NOS2.C12H23NOS2/c1-3-16(20)15(18-2)9-6-7-12-19-17(21)10-5-4-8-14-11-13-22-23-14;1-3-4-10-14(2)13(15)8-6-5-7-12-9-11-16-17-12;1-3-9-13(2)12(14)7-5-4-6-11-8-10-15-16-11/h14-15,18H,3-13H2,1-2H3,(H,19,21);12H,3-11H2,1-2H3;11H,3-10H2,1-2H3. The van der Waals surface area contributed by atoms with E-state index in [0.29, 0.717) is 24.7 Å². The number of likely N-dealkylation sites (N-methyl/N-ethyl adjacent to an activating group) is 1. The van der Waals surface area contributed by atoms with Crippen LogP contribution in [0, 0.1) is 0 Å². The van der Waals surface area contributed by atoms with Crippen molar-refractivity contribution in [3.8, 4) is 0 Å². The molecule has 0 saturated carbocycles. The largest absolute Gasteiger partial charge is 0.356 e. The molecular formula is C42H80N4O4S6. The fraction of sp³-hybridized carbons (Fsp3) is 0.905. The summed E-state index contributed by atoms with van der Waals surface area (Å²) in [7, 11) is 17.8. The second kappa shape index (κ2) is 36.9. The van der Waals surface area contributed by atoms with Crippen molar-refractivity contribution in [1.82, 2.24) is 20.4 Å². The van der Waals surface area contributed by atoms with Crippen molar-refractivity contribution in [2.24, 2.45) is 0 Å². The summed E-state index contributed by atoms with van der Waals surface area (Å²) in [5.74, 6) is 5.00. The minimum Gasteiger partial charge on any atom is -0.356 e. The molecule has 0 bridgehead atoms. The zero-order valence-electron chi connectivity index (χ0n) is 36.1. The van der Waals surface area contributed by atoms with Crippen LogP contribution in [0.2, 0.25) is 0 Å². The Morgan fingerprint density at radius 3 is 1.50 bits per heavy atom. The highest BCUT2D eigenvalue weighted by Gasteiger charge is 2.18. The van der Waals surface area contributed by atoms with Crippen molar-refractivity contribution < 1.29 is 19.2 Å². The maximum atomic E-state index is 11.8. The predicted octanol–water partition coefficient (Wildman–Crippen LogP) is 11.1. The van der Waals surface area contributed by atoms with Gasteiger partial charge in [-0.05, 0) is 96.9 Å². The Kier molecular flexibility index (Phi) is 35.7. The second-order valence-corrected chi connectivity index (χ2v) is 23.6. The molecule has 328 valence electrons. The summed E-state index contributed by atoms with van der Waals surface area (Å²) in [5, 5.41) is 8.59. The summed E-state index contributed by atoms with van der Waals surface area (Å²) in [6.07, 6.45) is 23.4. The summed E-state index contributed by atoms with van der Waals surface area (Å²) in [6, 6.07) is -0.0256. The number of hydrogen-bond acceptors (Lipinski definition) is 11. The lowest BCUT2D eigenvalue weighted by Gasteiger charge is -2.16. The SMILES string of the molecule is CCC(=O)C(CCCCNC(=O)CCCCC1CCSS1)NC.CCCCN(C)C(=O)CCCCC1CCSS1.CCCN(C)C(=O)CCCCC1CCSS1. The van der Waals surface area contributed by atoms with Crippen LogP contribution in [0.25, 0.3) is 0 Å². The number of nitrogens with zero attached hydrogens (tertiary/aromatic N) is 2. The molecular weight excluding hydrogens is 817 g/mol. The normalized spacial score (nSPS) is 19.4. The number of nitrogens with one attached hydrogen (secondary N) is 2. The van der Waals surface area contributed by atoms with E-state index in [-0.39, 0.29) is 17.7 Å². The summed E-state index contributed by atoms with van der Waals surface area (Å²) in [6.45, 7) is 8.72. The van der Waals surface area contributed by atoms with Crippen molar-refractivity contribution in [3.63, 3.8) is 0 Å². The minimum absolute atomic E-state index is 0.0256. The molecule has 4 atom stereocenters. The van der Waals surface area contributed by atoms with Crippen LogP contribution in [0.3, 0.4) is 0 Å². The third-order valence-corrected chi connectivity index (χ3v) is 19.3. The third kappa shape index (κ3) is 28.6. The van der Waals surface area contributed by atoms with Gasteiger partial charge >= 0.3 is 0 Å². The number of carbonyl (C=O) groups excluding carboxylic acids is 4. The van der Waals surface area contributed by atoms with Crippen LogP contribution in [0.4, 0.5) is 0 Å². The van der Waals surface area contributed by atoms with Crippen LogP contribution in [-0.2, 0) is 19.2 Å². The molecule has 0 aromatic carbocycles. The molecule has 14 heteroatoms. The lowest BCUT2D eigenvalue weighted by atomic mass is 10.0. The monoisotopic (exact) mass is 896 g/mol. The number of amides is 3. The van der Waals surface area contributed by atoms with Gasteiger partial charge in [0.1, 0.15) is 5.78 Å². The number of hydrogen-bond donors (Lipinski definition) is 2. The maximum Gasteiger partial charge on any atom is 0.222 e. The van der Waals surface area contributed by atoms with Crippen molar-refractivity contribution in [1.29, 1.82) is 0 Å². The number of unbranched alkanes of at least 4 members (excludes halogenated alkanes) is 5. The van der Waals surface area contributed by atoms with E-state index in [9.17, 15) is 19.2 Å². The van der Waals surface area contributed by atoms with Gasteiger partial charge in [0.15, 0.2) is 0 Å². The molecule has 3 saturated heterocycles. The molecule has 3 rings (SSSR count). The van der Waals surface area contributed by atoms with Gasteiger partial charge in [0.05, 0.1) is 6.04 Å². The molecule has 4 unspecified atom stereocenters. The van der Waals surface area contributed by atoms with E-state index in [1.165, 1.54) is 68.6 Å². The minimum atomic E-state index is -0.0256. The van der Waals surface area contributed by atoms with Crippen LogP contribution < -0.4 is 10.6 Å². The molecule has 8 nitrogen and oxygen atoms in total. The summed E-state index contributed by atoms with van der Waals surface area (Å²) in [5.41, 5.74) is 0. The first kappa shape index (κ1) is 54.2. The van der Waals surface area contributed by atoms with Crippen LogP contribution in [-0.4, -0.2) is 113 Å². The van der Waals surface area contributed by atoms with Gasteiger partial charge in [0, 0.05) is 92.4 Å². The van der Waals surface area contributed by atoms with Crippen molar-refractivity contribution in [3.05, 3.63) is 0 Å². The van der Waals surface area contributed by atoms with Crippen LogP contribution in [0.1, 0.15) is 162 Å². The van der Waals surface area contributed by atoms with Gasteiger partial charge in [0.25, 0.3) is 0 Å². The fourth-order valence-electron chi connectivity index (χ4n) is 6.51. The fourth-order valence-corrected chi connectivity index (χ4v) is 15.6. The van der Waals surface area contributed by atoms with E-state index >= 15 is 0 Å². The van der Waals surface area contributed by atoms with E-state index in [1.807, 2.05) is 103 Å². The van der Waals surface area contributed by atoms with E-state index in [4.69, 9.17) is 0 Å². The van der Waals surface area contributed by atoms with E-state index in [2.05, 4.69) is 24.5 Å². The Balaban J connectivity index is 0.000000429. The molecule has 0 aromatic rings. The topological polar surface area (TPSA) is 98.8 Å². The number of rotatable bonds is 28. The van der Waals surface area contributed by atoms with Crippen LogP contribution in [0.15, 0.2) is 0 Å². The van der Waals surface area contributed by atoms with Gasteiger partial charge in [-0.25, -0.2) is 0 Å². The highest BCUT2D eigenvalue weighted by molar-refractivity contribution is 8.78. The molecule has 3 aliphatic rings. The second-order valence-electron chi connectivity index (χ2n) is 15.2. The first-order valence-electron chi connectivity index (χ1n) is 21.9.